The third-order valence-corrected chi connectivity index (χ3v) is 8.20. The number of esters is 1. The smallest absolute Gasteiger partial charge is 0.340 e. The van der Waals surface area contributed by atoms with Gasteiger partial charge in [-0.2, -0.15) is 0 Å². The summed E-state index contributed by atoms with van der Waals surface area (Å²) >= 11 is 0. The van der Waals surface area contributed by atoms with Crippen molar-refractivity contribution in [3.63, 3.8) is 0 Å². The van der Waals surface area contributed by atoms with Crippen molar-refractivity contribution in [2.45, 2.75) is 113 Å². The maximum atomic E-state index is 13.6. The van der Waals surface area contributed by atoms with Crippen molar-refractivity contribution in [2.75, 3.05) is 24.6 Å². The number of aromatic nitrogens is 2. The molecule has 7 heteroatoms. The summed E-state index contributed by atoms with van der Waals surface area (Å²) in [6, 6.07) is 3.99. The van der Waals surface area contributed by atoms with Crippen LogP contribution in [0.5, 0.6) is 5.75 Å². The number of carbonyl (C=O) groups is 1. The third kappa shape index (κ3) is 8.00. The van der Waals surface area contributed by atoms with Crippen molar-refractivity contribution < 1.29 is 19.0 Å². The first kappa shape index (κ1) is 31.3. The molecule has 0 N–H and O–H groups in total. The first-order chi connectivity index (χ1) is 19.0. The molecule has 2 aromatic rings. The predicted octanol–water partition coefficient (Wildman–Crippen LogP) is 7.70. The summed E-state index contributed by atoms with van der Waals surface area (Å²) < 4.78 is 18.3. The van der Waals surface area contributed by atoms with Gasteiger partial charge < -0.3 is 19.1 Å². The highest BCUT2D eigenvalue weighted by atomic mass is 16.6. The Hall–Kier alpha value is -2.67. The van der Waals surface area contributed by atoms with E-state index in [0.29, 0.717) is 11.3 Å². The Morgan fingerprint density at radius 2 is 1.68 bits per heavy atom. The lowest BCUT2D eigenvalue weighted by atomic mass is 9.65. The van der Waals surface area contributed by atoms with E-state index in [0.717, 1.165) is 66.5 Å². The Labute approximate surface area is 247 Å². The zero-order chi connectivity index (χ0) is 30.2. The maximum absolute atomic E-state index is 13.6. The summed E-state index contributed by atoms with van der Waals surface area (Å²) in [7, 11) is 0. The van der Waals surface area contributed by atoms with Crippen molar-refractivity contribution >= 4 is 11.7 Å². The minimum Gasteiger partial charge on any atom is -0.492 e. The fourth-order valence-corrected chi connectivity index (χ4v) is 6.12. The lowest BCUT2D eigenvalue weighted by Gasteiger charge is -2.42. The molecule has 4 rings (SSSR count). The molecule has 3 heterocycles. The average Bonchev–Trinajstić information content (AvgIpc) is 2.84. The summed E-state index contributed by atoms with van der Waals surface area (Å²) in [5.41, 5.74) is 4.29. The minimum atomic E-state index is -0.913. The zero-order valence-electron chi connectivity index (χ0n) is 27.0. The number of anilines is 1. The molecule has 2 fully saturated rings. The summed E-state index contributed by atoms with van der Waals surface area (Å²) in [4.78, 5) is 25.6. The van der Waals surface area contributed by atoms with Crippen molar-refractivity contribution in [1.82, 2.24) is 9.97 Å². The topological polar surface area (TPSA) is 73.8 Å². The van der Waals surface area contributed by atoms with E-state index in [1.165, 1.54) is 12.8 Å². The fraction of sp³-hybridized carbons (Fsp3) is 0.676. The van der Waals surface area contributed by atoms with E-state index in [9.17, 15) is 4.79 Å². The van der Waals surface area contributed by atoms with Gasteiger partial charge in [-0.25, -0.2) is 4.79 Å². The minimum absolute atomic E-state index is 0.260. The quantitative estimate of drug-likeness (QED) is 0.288. The molecular weight excluding hydrogens is 514 g/mol. The van der Waals surface area contributed by atoms with Crippen LogP contribution in [0.4, 0.5) is 5.69 Å². The van der Waals surface area contributed by atoms with Crippen LogP contribution in [0.15, 0.2) is 24.5 Å². The van der Waals surface area contributed by atoms with E-state index in [4.69, 9.17) is 24.2 Å². The Morgan fingerprint density at radius 1 is 1.02 bits per heavy atom. The van der Waals surface area contributed by atoms with E-state index >= 15 is 0 Å². The van der Waals surface area contributed by atoms with Gasteiger partial charge in [0.05, 0.1) is 35.9 Å². The molecule has 1 aliphatic carbocycles. The molecule has 2 aromatic heterocycles. The molecule has 41 heavy (non-hydrogen) atoms. The molecule has 0 bridgehead atoms. The van der Waals surface area contributed by atoms with Crippen LogP contribution in [0, 0.1) is 23.7 Å². The van der Waals surface area contributed by atoms with Gasteiger partial charge in [0.2, 0.25) is 0 Å². The molecule has 0 aromatic carbocycles. The van der Waals surface area contributed by atoms with E-state index in [1.807, 2.05) is 59.9 Å². The monoisotopic (exact) mass is 565 g/mol. The highest BCUT2D eigenvalue weighted by Crippen LogP contribution is 2.45. The molecule has 0 unspecified atom stereocenters. The van der Waals surface area contributed by atoms with Gasteiger partial charge in [-0.3, -0.25) is 9.97 Å². The van der Waals surface area contributed by atoms with E-state index in [1.54, 1.807) is 6.20 Å². The normalized spacial score (nSPS) is 19.5. The Morgan fingerprint density at radius 3 is 2.22 bits per heavy atom. The van der Waals surface area contributed by atoms with Gasteiger partial charge in [-0.05, 0) is 96.1 Å². The van der Waals surface area contributed by atoms with Crippen molar-refractivity contribution in [1.29, 1.82) is 0 Å². The van der Waals surface area contributed by atoms with Gasteiger partial charge in [0.15, 0.2) is 6.10 Å². The van der Waals surface area contributed by atoms with Crippen LogP contribution in [0.3, 0.4) is 0 Å². The molecule has 226 valence electrons. The molecule has 1 atom stereocenters. The molecular formula is C34H51N3O4. The number of nitrogens with zero attached hydrogens (tertiary/aromatic N) is 3. The van der Waals surface area contributed by atoms with Crippen LogP contribution in [0.25, 0.3) is 11.3 Å². The van der Waals surface area contributed by atoms with E-state index in [2.05, 4.69) is 32.6 Å². The molecule has 0 amide bonds. The van der Waals surface area contributed by atoms with Gasteiger partial charge in [0.25, 0.3) is 0 Å². The SMILES string of the molecule is Cc1ncc(-c2ccc(OCC3CC(C)(C)C3)cn2)c(N2CCC(C)(C)CC2)c1[C@H](OC(C)(C)C)C(=O)OC(C)C. The summed E-state index contributed by atoms with van der Waals surface area (Å²) in [5.74, 6) is 0.981. The lowest BCUT2D eigenvalue weighted by Crippen LogP contribution is -2.39. The van der Waals surface area contributed by atoms with Gasteiger partial charge in [0.1, 0.15) is 5.75 Å². The van der Waals surface area contributed by atoms with Crippen LogP contribution in [-0.2, 0) is 14.3 Å². The first-order valence-corrected chi connectivity index (χ1v) is 15.3. The van der Waals surface area contributed by atoms with Gasteiger partial charge in [0, 0.05) is 36.1 Å². The number of aryl methyl sites for hydroxylation is 1. The average molecular weight is 566 g/mol. The lowest BCUT2D eigenvalue weighted by molar-refractivity contribution is -0.171. The standard InChI is InChI=1S/C34H51N3O4/c1-22(2)40-31(38)30(41-32(4,5)6)28-23(3)35-20-26(29(28)37-15-13-33(7,8)14-16-37)27-12-11-25(19-36-27)39-21-24-17-34(9,10)18-24/h11-12,19-20,22,24,30H,13-18,21H2,1-10H3/t30-/m0/s1. The van der Waals surface area contributed by atoms with Crippen LogP contribution >= 0.6 is 0 Å². The molecule has 1 aliphatic heterocycles. The van der Waals surface area contributed by atoms with Gasteiger partial charge in [-0.15, -0.1) is 0 Å². The fourth-order valence-electron chi connectivity index (χ4n) is 6.12. The number of rotatable bonds is 9. The second kappa shape index (κ2) is 11.9. The van der Waals surface area contributed by atoms with Crippen molar-refractivity contribution in [3.8, 4) is 17.0 Å². The highest BCUT2D eigenvalue weighted by Gasteiger charge is 2.38. The van der Waals surface area contributed by atoms with Crippen molar-refractivity contribution in [2.24, 2.45) is 16.7 Å². The first-order valence-electron chi connectivity index (χ1n) is 15.3. The van der Waals surface area contributed by atoms with Gasteiger partial charge in [-0.1, -0.05) is 27.7 Å². The van der Waals surface area contributed by atoms with Crippen LogP contribution < -0.4 is 9.64 Å². The number of hydrogen-bond donors (Lipinski definition) is 0. The van der Waals surface area contributed by atoms with Crippen LogP contribution in [0.2, 0.25) is 0 Å². The van der Waals surface area contributed by atoms with E-state index in [-0.39, 0.29) is 11.5 Å². The van der Waals surface area contributed by atoms with Crippen molar-refractivity contribution in [3.05, 3.63) is 35.8 Å². The zero-order valence-corrected chi connectivity index (χ0v) is 27.0. The maximum Gasteiger partial charge on any atom is 0.340 e. The number of carbonyl (C=O) groups excluding carboxylic acids is 1. The molecule has 7 nitrogen and oxygen atoms in total. The molecule has 1 saturated heterocycles. The highest BCUT2D eigenvalue weighted by molar-refractivity contribution is 5.86. The largest absolute Gasteiger partial charge is 0.492 e. The molecule has 2 aliphatic rings. The molecule has 0 spiro atoms. The second-order valence-electron chi connectivity index (χ2n) is 14.9. The van der Waals surface area contributed by atoms with E-state index < -0.39 is 17.7 Å². The number of pyridine rings is 2. The van der Waals surface area contributed by atoms with Crippen LogP contribution in [-0.4, -0.2) is 47.3 Å². The number of hydrogen-bond acceptors (Lipinski definition) is 7. The summed E-state index contributed by atoms with van der Waals surface area (Å²) in [5, 5.41) is 0. The second-order valence-corrected chi connectivity index (χ2v) is 14.9. The predicted molar refractivity (Wildman–Crippen MR) is 164 cm³/mol. The Kier molecular flexibility index (Phi) is 9.08. The Balaban J connectivity index is 1.73. The molecule has 0 radical (unpaired) electrons. The molecule has 1 saturated carbocycles. The van der Waals surface area contributed by atoms with Gasteiger partial charge >= 0.3 is 5.97 Å². The van der Waals surface area contributed by atoms with Crippen LogP contribution in [0.1, 0.15) is 105 Å². The number of piperidine rings is 1. The third-order valence-electron chi connectivity index (χ3n) is 8.20. The number of ether oxygens (including phenoxy) is 3. The summed E-state index contributed by atoms with van der Waals surface area (Å²) in [6.45, 7) is 23.3. The Bertz CT molecular complexity index is 1200. The summed E-state index contributed by atoms with van der Waals surface area (Å²) in [6.07, 6.45) is 7.01.